The van der Waals surface area contributed by atoms with Crippen molar-refractivity contribution in [3.8, 4) is 0 Å². The standard InChI is InChI=1S/C24H20ClF4N5O2/c1-12-4-22-33(23(35)7-15(30)5-13-6-20(28)21(29)9-19(13)27)10-14(11-34(22)32-12)24(36)31-16-2-3-18(26)17(25)8-16/h2-4,6,8-10,15H,5,7,11,30H2,1H3,(H,31,36)/t15-/m1/s1. The van der Waals surface area contributed by atoms with Gasteiger partial charge in [-0.2, -0.15) is 5.10 Å². The number of hydrogen-bond acceptors (Lipinski definition) is 4. The molecule has 3 aromatic rings. The van der Waals surface area contributed by atoms with E-state index in [0.29, 0.717) is 23.6 Å². The minimum Gasteiger partial charge on any atom is -0.327 e. The molecule has 1 aromatic heterocycles. The molecule has 0 spiro atoms. The third-order valence-corrected chi connectivity index (χ3v) is 5.77. The highest BCUT2D eigenvalue weighted by Crippen LogP contribution is 2.27. The first-order valence-electron chi connectivity index (χ1n) is 10.7. The number of hydrogen-bond donors (Lipinski definition) is 2. The first-order valence-corrected chi connectivity index (χ1v) is 11.1. The first-order chi connectivity index (χ1) is 17.0. The van der Waals surface area contributed by atoms with Crippen LogP contribution in [0.2, 0.25) is 5.02 Å². The Bertz CT molecular complexity index is 1390. The van der Waals surface area contributed by atoms with Crippen molar-refractivity contribution in [2.45, 2.75) is 32.4 Å². The van der Waals surface area contributed by atoms with Crippen LogP contribution in [0.25, 0.3) is 0 Å². The van der Waals surface area contributed by atoms with Gasteiger partial charge in [-0.15, -0.1) is 0 Å². The van der Waals surface area contributed by atoms with Crippen LogP contribution in [-0.4, -0.2) is 27.6 Å². The zero-order chi connectivity index (χ0) is 26.1. The monoisotopic (exact) mass is 521 g/mol. The maximum Gasteiger partial charge on any atom is 0.254 e. The van der Waals surface area contributed by atoms with Crippen LogP contribution in [0.4, 0.5) is 29.1 Å². The van der Waals surface area contributed by atoms with E-state index in [0.717, 1.165) is 6.07 Å². The van der Waals surface area contributed by atoms with Gasteiger partial charge in [0.15, 0.2) is 11.6 Å². The van der Waals surface area contributed by atoms with Gasteiger partial charge in [-0.1, -0.05) is 11.6 Å². The maximum absolute atomic E-state index is 14.0. The second-order valence-corrected chi connectivity index (χ2v) is 8.74. The zero-order valence-electron chi connectivity index (χ0n) is 18.9. The van der Waals surface area contributed by atoms with Crippen LogP contribution < -0.4 is 16.0 Å². The van der Waals surface area contributed by atoms with Crippen LogP contribution in [0.15, 0.2) is 48.2 Å². The van der Waals surface area contributed by atoms with E-state index in [1.54, 1.807) is 13.0 Å². The third-order valence-electron chi connectivity index (χ3n) is 5.48. The van der Waals surface area contributed by atoms with E-state index in [4.69, 9.17) is 17.3 Å². The normalized spacial score (nSPS) is 13.8. The molecule has 0 fully saturated rings. The Kier molecular flexibility index (Phi) is 7.14. The topological polar surface area (TPSA) is 93.2 Å². The van der Waals surface area contributed by atoms with E-state index < -0.39 is 41.1 Å². The van der Waals surface area contributed by atoms with E-state index >= 15 is 0 Å². The highest BCUT2D eigenvalue weighted by Gasteiger charge is 2.28. The lowest BCUT2D eigenvalue weighted by molar-refractivity contribution is -0.118. The molecule has 0 bridgehead atoms. The van der Waals surface area contributed by atoms with Crippen LogP contribution in [-0.2, 0) is 22.6 Å². The van der Waals surface area contributed by atoms with Gasteiger partial charge in [0, 0.05) is 36.5 Å². The lowest BCUT2D eigenvalue weighted by Crippen LogP contribution is -2.38. The minimum absolute atomic E-state index is 0.0554. The number of halogens is 5. The molecule has 1 aliphatic rings. The number of nitrogens with two attached hydrogens (primary N) is 1. The minimum atomic E-state index is -1.32. The van der Waals surface area contributed by atoms with E-state index in [2.05, 4.69) is 10.4 Å². The highest BCUT2D eigenvalue weighted by atomic mass is 35.5. The summed E-state index contributed by atoms with van der Waals surface area (Å²) in [6.07, 6.45) is 0.828. The number of carbonyl (C=O) groups excluding carboxylic acids is 2. The van der Waals surface area contributed by atoms with Gasteiger partial charge in [0.05, 0.1) is 22.8 Å². The van der Waals surface area contributed by atoms with E-state index in [9.17, 15) is 27.2 Å². The van der Waals surface area contributed by atoms with Crippen molar-refractivity contribution in [3.63, 3.8) is 0 Å². The van der Waals surface area contributed by atoms with Crippen LogP contribution in [0.1, 0.15) is 17.7 Å². The fourth-order valence-corrected chi connectivity index (χ4v) is 3.96. The van der Waals surface area contributed by atoms with Crippen LogP contribution in [0.5, 0.6) is 0 Å². The third kappa shape index (κ3) is 5.42. The van der Waals surface area contributed by atoms with Crippen LogP contribution in [0, 0.1) is 30.2 Å². The summed E-state index contributed by atoms with van der Waals surface area (Å²) in [5.74, 6) is -4.85. The maximum atomic E-state index is 14.0. The second kappa shape index (κ2) is 10.1. The average Bonchev–Trinajstić information content (AvgIpc) is 3.19. The van der Waals surface area contributed by atoms with Gasteiger partial charge in [0.25, 0.3) is 5.91 Å². The number of nitrogens with zero attached hydrogens (tertiary/aromatic N) is 3. The lowest BCUT2D eigenvalue weighted by Gasteiger charge is -2.27. The molecule has 0 radical (unpaired) electrons. The molecule has 2 amide bonds. The van der Waals surface area contributed by atoms with Crippen molar-refractivity contribution in [2.75, 3.05) is 10.2 Å². The predicted octanol–water partition coefficient (Wildman–Crippen LogP) is 4.23. The van der Waals surface area contributed by atoms with Crippen molar-refractivity contribution >= 4 is 34.9 Å². The largest absolute Gasteiger partial charge is 0.327 e. The summed E-state index contributed by atoms with van der Waals surface area (Å²) in [7, 11) is 0. The number of rotatable bonds is 6. The van der Waals surface area contributed by atoms with Gasteiger partial charge >= 0.3 is 0 Å². The molecule has 12 heteroatoms. The van der Waals surface area contributed by atoms with Crippen molar-refractivity contribution in [3.05, 3.63) is 87.7 Å². The smallest absolute Gasteiger partial charge is 0.254 e. The summed E-state index contributed by atoms with van der Waals surface area (Å²) in [6.45, 7) is 1.77. The zero-order valence-corrected chi connectivity index (χ0v) is 19.6. The number of fused-ring (bicyclic) bond motifs is 1. The molecule has 1 atom stereocenters. The quantitative estimate of drug-likeness (QED) is 0.375. The molecule has 4 rings (SSSR count). The number of amides is 2. The number of aryl methyl sites for hydroxylation is 1. The molecule has 2 heterocycles. The Morgan fingerprint density at radius 3 is 2.53 bits per heavy atom. The fraction of sp³-hybridized carbons (Fsp3) is 0.208. The molecule has 0 saturated carbocycles. The van der Waals surface area contributed by atoms with Gasteiger partial charge in [-0.05, 0) is 43.2 Å². The second-order valence-electron chi connectivity index (χ2n) is 8.33. The highest BCUT2D eigenvalue weighted by molar-refractivity contribution is 6.31. The van der Waals surface area contributed by atoms with E-state index in [-0.39, 0.29) is 41.2 Å². The summed E-state index contributed by atoms with van der Waals surface area (Å²) in [4.78, 5) is 27.2. The summed E-state index contributed by atoms with van der Waals surface area (Å²) in [5.41, 5.74) is 6.87. The average molecular weight is 522 g/mol. The Hall–Kier alpha value is -3.70. The SMILES string of the molecule is Cc1cc2n(n1)CC(C(=O)Nc1ccc(F)c(Cl)c1)=CN2C(=O)C[C@H](N)Cc1cc(F)c(F)cc1F. The summed E-state index contributed by atoms with van der Waals surface area (Å²) < 4.78 is 55.6. The molecule has 36 heavy (non-hydrogen) atoms. The Morgan fingerprint density at radius 2 is 1.81 bits per heavy atom. The first kappa shape index (κ1) is 25.4. The Balaban J connectivity index is 1.53. The molecule has 2 aromatic carbocycles. The molecule has 0 saturated heterocycles. The predicted molar refractivity (Wildman–Crippen MR) is 125 cm³/mol. The number of carbonyl (C=O) groups is 2. The summed E-state index contributed by atoms with van der Waals surface area (Å²) in [5, 5.41) is 6.73. The molecule has 0 aliphatic carbocycles. The molecule has 7 nitrogen and oxygen atoms in total. The lowest BCUT2D eigenvalue weighted by atomic mass is 10.0. The number of anilines is 2. The molecular formula is C24H20ClF4N5O2. The molecule has 3 N–H and O–H groups in total. The molecule has 0 unspecified atom stereocenters. The Labute approximate surface area is 208 Å². The fourth-order valence-electron chi connectivity index (χ4n) is 3.78. The Morgan fingerprint density at radius 1 is 1.08 bits per heavy atom. The van der Waals surface area contributed by atoms with Gasteiger partial charge in [-0.3, -0.25) is 14.5 Å². The number of benzene rings is 2. The van der Waals surface area contributed by atoms with Gasteiger partial charge in [0.1, 0.15) is 17.5 Å². The van der Waals surface area contributed by atoms with Crippen molar-refractivity contribution in [2.24, 2.45) is 5.73 Å². The van der Waals surface area contributed by atoms with E-state index in [1.807, 2.05) is 0 Å². The summed E-state index contributed by atoms with van der Waals surface area (Å²) in [6, 6.07) is 5.54. The number of nitrogens with one attached hydrogen (secondary N) is 1. The van der Waals surface area contributed by atoms with Crippen LogP contribution >= 0.6 is 11.6 Å². The molecule has 1 aliphatic heterocycles. The van der Waals surface area contributed by atoms with Gasteiger partial charge < -0.3 is 11.1 Å². The number of aromatic nitrogens is 2. The van der Waals surface area contributed by atoms with Gasteiger partial charge in [-0.25, -0.2) is 22.2 Å². The van der Waals surface area contributed by atoms with Crippen molar-refractivity contribution in [1.82, 2.24) is 9.78 Å². The van der Waals surface area contributed by atoms with Crippen molar-refractivity contribution in [1.29, 1.82) is 0 Å². The van der Waals surface area contributed by atoms with Gasteiger partial charge in [0.2, 0.25) is 5.91 Å². The van der Waals surface area contributed by atoms with Crippen LogP contribution in [0.3, 0.4) is 0 Å². The molecular weight excluding hydrogens is 502 g/mol. The molecule has 188 valence electrons. The summed E-state index contributed by atoms with van der Waals surface area (Å²) >= 11 is 5.77. The van der Waals surface area contributed by atoms with E-state index in [1.165, 1.54) is 27.9 Å². The van der Waals surface area contributed by atoms with Crippen molar-refractivity contribution < 1.29 is 27.2 Å².